The second-order valence-corrected chi connectivity index (χ2v) is 6.35. The normalized spacial score (nSPS) is 16.1. The van der Waals surface area contributed by atoms with Gasteiger partial charge in [-0.1, -0.05) is 28.1 Å². The highest BCUT2D eigenvalue weighted by atomic mass is 79.9. The first-order valence-electron chi connectivity index (χ1n) is 7.78. The largest absolute Gasteiger partial charge is 0.492 e. The lowest BCUT2D eigenvalue weighted by molar-refractivity contribution is -0.127. The van der Waals surface area contributed by atoms with Crippen LogP contribution < -0.4 is 19.7 Å². The number of carbonyl (C=O) groups excluding carboxylic acids is 1. The molecule has 2 aromatic carbocycles. The van der Waals surface area contributed by atoms with Crippen LogP contribution in [0.2, 0.25) is 0 Å². The number of hydrogen-bond donors (Lipinski definition) is 1. The van der Waals surface area contributed by atoms with E-state index >= 15 is 0 Å². The average molecular weight is 391 g/mol. The van der Waals surface area contributed by atoms with Gasteiger partial charge in [0.15, 0.2) is 6.10 Å². The lowest BCUT2D eigenvalue weighted by Crippen LogP contribution is -2.49. The van der Waals surface area contributed by atoms with Crippen LogP contribution in [0.4, 0.5) is 5.69 Å². The minimum absolute atomic E-state index is 0.122. The summed E-state index contributed by atoms with van der Waals surface area (Å²) in [7, 11) is 1.62. The van der Waals surface area contributed by atoms with Crippen LogP contribution >= 0.6 is 15.9 Å². The molecule has 6 heteroatoms. The van der Waals surface area contributed by atoms with E-state index in [1.807, 2.05) is 48.5 Å². The minimum Gasteiger partial charge on any atom is -0.492 e. The molecule has 1 N–H and O–H groups in total. The Morgan fingerprint density at radius 2 is 2.04 bits per heavy atom. The Hall–Kier alpha value is -2.21. The average Bonchev–Trinajstić information content (AvgIpc) is 2.62. The summed E-state index contributed by atoms with van der Waals surface area (Å²) in [5.74, 6) is 1.42. The number of benzene rings is 2. The lowest BCUT2D eigenvalue weighted by Gasteiger charge is -2.35. The lowest BCUT2D eigenvalue weighted by atomic mass is 10.2. The quantitative estimate of drug-likeness (QED) is 0.852. The van der Waals surface area contributed by atoms with Crippen LogP contribution in [0.15, 0.2) is 53.0 Å². The van der Waals surface area contributed by atoms with Crippen molar-refractivity contribution in [1.29, 1.82) is 0 Å². The van der Waals surface area contributed by atoms with Crippen molar-refractivity contribution in [3.63, 3.8) is 0 Å². The molecule has 24 heavy (non-hydrogen) atoms. The zero-order valence-electron chi connectivity index (χ0n) is 13.4. The van der Waals surface area contributed by atoms with E-state index in [1.54, 1.807) is 7.05 Å². The number of amides is 1. The molecule has 126 valence electrons. The summed E-state index contributed by atoms with van der Waals surface area (Å²) in [5.41, 5.74) is 0.983. The number of anilines is 1. The van der Waals surface area contributed by atoms with E-state index in [0.29, 0.717) is 19.7 Å². The summed E-state index contributed by atoms with van der Waals surface area (Å²) < 4.78 is 12.6. The molecule has 1 aliphatic rings. The number of fused-ring (bicyclic) bond motifs is 1. The molecule has 0 aromatic heterocycles. The predicted molar refractivity (Wildman–Crippen MR) is 96.8 cm³/mol. The molecule has 0 saturated heterocycles. The van der Waals surface area contributed by atoms with E-state index in [9.17, 15) is 4.79 Å². The summed E-state index contributed by atoms with van der Waals surface area (Å²) in [6.45, 7) is 1.70. The SMILES string of the molecule is CNC(=O)[C@H]1CN(CCOc2ccc(Br)cc2)c2ccccc2O1. The predicted octanol–water partition coefficient (Wildman–Crippen LogP) is 2.84. The fourth-order valence-corrected chi connectivity index (χ4v) is 2.89. The van der Waals surface area contributed by atoms with Crippen molar-refractivity contribution in [3.8, 4) is 11.5 Å². The number of carbonyl (C=O) groups is 1. The van der Waals surface area contributed by atoms with Crippen LogP contribution in [-0.2, 0) is 4.79 Å². The first-order valence-corrected chi connectivity index (χ1v) is 8.57. The third-order valence-corrected chi connectivity index (χ3v) is 4.37. The van der Waals surface area contributed by atoms with Gasteiger partial charge in [-0.05, 0) is 36.4 Å². The zero-order valence-corrected chi connectivity index (χ0v) is 15.0. The van der Waals surface area contributed by atoms with Gasteiger partial charge < -0.3 is 19.7 Å². The van der Waals surface area contributed by atoms with Crippen molar-refractivity contribution < 1.29 is 14.3 Å². The van der Waals surface area contributed by atoms with E-state index in [0.717, 1.165) is 21.7 Å². The number of nitrogens with one attached hydrogen (secondary N) is 1. The molecule has 0 unspecified atom stereocenters. The van der Waals surface area contributed by atoms with E-state index < -0.39 is 6.10 Å². The van der Waals surface area contributed by atoms with Crippen LogP contribution in [0.5, 0.6) is 11.5 Å². The van der Waals surface area contributed by atoms with Gasteiger partial charge in [0.2, 0.25) is 0 Å². The van der Waals surface area contributed by atoms with Gasteiger partial charge >= 0.3 is 0 Å². The van der Waals surface area contributed by atoms with E-state index in [2.05, 4.69) is 26.1 Å². The van der Waals surface area contributed by atoms with E-state index in [4.69, 9.17) is 9.47 Å². The monoisotopic (exact) mass is 390 g/mol. The molecule has 0 bridgehead atoms. The van der Waals surface area contributed by atoms with Gasteiger partial charge in [-0.15, -0.1) is 0 Å². The van der Waals surface area contributed by atoms with Crippen molar-refractivity contribution in [2.75, 3.05) is 31.6 Å². The van der Waals surface area contributed by atoms with Crippen LogP contribution in [0.25, 0.3) is 0 Å². The van der Waals surface area contributed by atoms with E-state index in [1.165, 1.54) is 0 Å². The molecule has 5 nitrogen and oxygen atoms in total. The highest BCUT2D eigenvalue weighted by molar-refractivity contribution is 9.10. The third-order valence-electron chi connectivity index (χ3n) is 3.84. The zero-order chi connectivity index (χ0) is 16.9. The van der Waals surface area contributed by atoms with E-state index in [-0.39, 0.29) is 5.91 Å². The second-order valence-electron chi connectivity index (χ2n) is 5.44. The van der Waals surface area contributed by atoms with Crippen LogP contribution in [-0.4, -0.2) is 38.8 Å². The summed E-state index contributed by atoms with van der Waals surface area (Å²) in [4.78, 5) is 14.1. The summed E-state index contributed by atoms with van der Waals surface area (Å²) >= 11 is 3.41. The smallest absolute Gasteiger partial charge is 0.262 e. The first-order chi connectivity index (χ1) is 11.7. The number of halogens is 1. The molecule has 1 aliphatic heterocycles. The van der Waals surface area contributed by atoms with Crippen LogP contribution in [0, 0.1) is 0 Å². The maximum Gasteiger partial charge on any atom is 0.262 e. The Morgan fingerprint density at radius 1 is 1.29 bits per heavy atom. The van der Waals surface area contributed by atoms with Gasteiger partial charge in [-0.3, -0.25) is 4.79 Å². The molecule has 0 fully saturated rings. The molecule has 0 saturated carbocycles. The molecule has 2 aromatic rings. The Balaban J connectivity index is 1.66. The van der Waals surface area contributed by atoms with Crippen molar-refractivity contribution >= 4 is 27.5 Å². The van der Waals surface area contributed by atoms with Gasteiger partial charge in [-0.25, -0.2) is 0 Å². The topological polar surface area (TPSA) is 50.8 Å². The molecule has 3 rings (SSSR count). The number of para-hydroxylation sites is 2. The first kappa shape index (κ1) is 16.6. The summed E-state index contributed by atoms with van der Waals surface area (Å²) in [6, 6.07) is 15.5. The van der Waals surface area contributed by atoms with Gasteiger partial charge in [0.25, 0.3) is 5.91 Å². The number of hydrogen-bond acceptors (Lipinski definition) is 4. The maximum absolute atomic E-state index is 12.0. The Morgan fingerprint density at radius 3 is 2.79 bits per heavy atom. The molecule has 1 amide bonds. The van der Waals surface area contributed by atoms with Crippen LogP contribution in [0.1, 0.15) is 0 Å². The van der Waals surface area contributed by atoms with Gasteiger partial charge in [0.05, 0.1) is 18.8 Å². The van der Waals surface area contributed by atoms with Gasteiger partial charge in [0.1, 0.15) is 18.1 Å². The highest BCUT2D eigenvalue weighted by Gasteiger charge is 2.29. The molecule has 0 aliphatic carbocycles. The second kappa shape index (κ2) is 7.57. The van der Waals surface area contributed by atoms with Crippen molar-refractivity contribution in [1.82, 2.24) is 5.32 Å². The molecular formula is C18H19BrN2O3. The van der Waals surface area contributed by atoms with Crippen molar-refractivity contribution in [2.45, 2.75) is 6.10 Å². The number of nitrogens with zero attached hydrogens (tertiary/aromatic N) is 1. The number of rotatable bonds is 5. The standard InChI is InChI=1S/C18H19BrN2O3/c1-20-18(22)17-12-21(15-4-2-3-5-16(15)24-17)10-11-23-14-8-6-13(19)7-9-14/h2-9,17H,10-12H2,1H3,(H,20,22)/t17-/m1/s1. The fourth-order valence-electron chi connectivity index (χ4n) is 2.62. The molecule has 1 atom stereocenters. The minimum atomic E-state index is -0.516. The molecule has 1 heterocycles. The molecule has 0 spiro atoms. The molecule has 0 radical (unpaired) electrons. The van der Waals surface area contributed by atoms with Crippen molar-refractivity contribution in [3.05, 3.63) is 53.0 Å². The van der Waals surface area contributed by atoms with Gasteiger partial charge in [-0.2, -0.15) is 0 Å². The Bertz CT molecular complexity index is 706. The number of likely N-dealkylation sites (N-methyl/N-ethyl adjacent to an activating group) is 1. The third kappa shape index (κ3) is 3.82. The maximum atomic E-state index is 12.0. The van der Waals surface area contributed by atoms with Crippen LogP contribution in [0.3, 0.4) is 0 Å². The highest BCUT2D eigenvalue weighted by Crippen LogP contribution is 2.32. The summed E-state index contributed by atoms with van der Waals surface area (Å²) in [6.07, 6.45) is -0.516. The Labute approximate surface area is 149 Å². The van der Waals surface area contributed by atoms with Crippen molar-refractivity contribution in [2.24, 2.45) is 0 Å². The molecular weight excluding hydrogens is 372 g/mol. The fraction of sp³-hybridized carbons (Fsp3) is 0.278. The van der Waals surface area contributed by atoms with Gasteiger partial charge in [0, 0.05) is 11.5 Å². The number of ether oxygens (including phenoxy) is 2. The Kier molecular flexibility index (Phi) is 5.25. The summed E-state index contributed by atoms with van der Waals surface area (Å²) in [5, 5.41) is 2.65.